The molecule has 26 heavy (non-hydrogen) atoms. The zero-order chi connectivity index (χ0) is 18.9. The van der Waals surface area contributed by atoms with Crippen LogP contribution in [-0.4, -0.2) is 28.8 Å². The summed E-state index contributed by atoms with van der Waals surface area (Å²) < 4.78 is 5.95. The van der Waals surface area contributed by atoms with E-state index >= 15 is 0 Å². The van der Waals surface area contributed by atoms with E-state index in [0.29, 0.717) is 18.6 Å². The first-order chi connectivity index (χ1) is 12.6. The van der Waals surface area contributed by atoms with Crippen molar-refractivity contribution in [2.45, 2.75) is 45.4 Å². The minimum atomic E-state index is -0.372. The van der Waals surface area contributed by atoms with Crippen LogP contribution in [-0.2, 0) is 9.59 Å². The van der Waals surface area contributed by atoms with Crippen LogP contribution in [0.2, 0.25) is 0 Å². The Morgan fingerprint density at radius 1 is 1.35 bits per heavy atom. The highest BCUT2D eigenvalue weighted by molar-refractivity contribution is 6.24. The summed E-state index contributed by atoms with van der Waals surface area (Å²) in [6, 6.07) is 5.88. The lowest BCUT2D eigenvalue weighted by atomic mass is 10.0. The summed E-state index contributed by atoms with van der Waals surface area (Å²) in [5.74, 6) is 0.996. The first-order valence-electron chi connectivity index (χ1n) is 8.95. The quantitative estimate of drug-likeness (QED) is 0.552. The molecule has 1 aromatic carbocycles. The zero-order valence-electron chi connectivity index (χ0n) is 15.3. The molecule has 0 bridgehead atoms. The number of aliphatic hydroxyl groups excluding tert-OH is 1. The Hall–Kier alpha value is -2.53. The Morgan fingerprint density at radius 2 is 2.15 bits per heavy atom. The van der Waals surface area contributed by atoms with Gasteiger partial charge < -0.3 is 9.52 Å². The maximum absolute atomic E-state index is 11.1. The number of nitrogens with zero attached hydrogens (tertiary/aromatic N) is 1. The van der Waals surface area contributed by atoms with Crippen LogP contribution < -0.4 is 10.4 Å². The molecule has 0 radical (unpaired) electrons. The van der Waals surface area contributed by atoms with E-state index in [1.165, 1.54) is 0 Å². The van der Waals surface area contributed by atoms with Crippen LogP contribution in [0.4, 0.5) is 0 Å². The molecule has 1 atom stereocenters. The number of aromatic nitrogens is 1. The van der Waals surface area contributed by atoms with Crippen molar-refractivity contribution < 1.29 is 19.1 Å². The SMILES string of the molecule is CCC=c1cccc(-c2ncc(C(C)CCCC(=O)C=O)o2)c1=CCO. The van der Waals surface area contributed by atoms with Gasteiger partial charge in [-0.1, -0.05) is 38.1 Å². The standard InChI is InChI=1S/C21H25NO4/c1-3-6-16-8-5-10-19(18(16)11-12-23)21-22-13-20(26-21)15(2)7-4-9-17(25)14-24/h5-6,8,10-11,13-15,23H,3-4,7,9,12H2,1-2H3. The number of aliphatic hydroxyl groups is 1. The fourth-order valence-corrected chi connectivity index (χ4v) is 2.91. The molecule has 0 amide bonds. The molecule has 0 saturated heterocycles. The zero-order valence-corrected chi connectivity index (χ0v) is 15.3. The van der Waals surface area contributed by atoms with Gasteiger partial charge in [0.05, 0.1) is 12.8 Å². The average Bonchev–Trinajstić information content (AvgIpc) is 3.13. The molecule has 0 spiro atoms. The number of hydrogen-bond acceptors (Lipinski definition) is 5. The maximum atomic E-state index is 11.1. The van der Waals surface area contributed by atoms with E-state index < -0.39 is 0 Å². The van der Waals surface area contributed by atoms with Crippen molar-refractivity contribution in [2.75, 3.05) is 6.61 Å². The van der Waals surface area contributed by atoms with Gasteiger partial charge in [0.2, 0.25) is 5.89 Å². The molecule has 2 rings (SSSR count). The molecule has 0 saturated carbocycles. The largest absolute Gasteiger partial charge is 0.441 e. The van der Waals surface area contributed by atoms with Crippen molar-refractivity contribution in [3.8, 4) is 11.5 Å². The molecule has 5 heteroatoms. The molecule has 138 valence electrons. The Bertz CT molecular complexity index is 866. The molecule has 0 aliphatic carbocycles. The van der Waals surface area contributed by atoms with Crippen molar-refractivity contribution in [1.82, 2.24) is 4.98 Å². The van der Waals surface area contributed by atoms with Gasteiger partial charge in [0.15, 0.2) is 12.1 Å². The summed E-state index contributed by atoms with van der Waals surface area (Å²) in [6.07, 6.45) is 8.48. The normalized spacial score (nSPS) is 13.8. The second kappa shape index (κ2) is 9.82. The van der Waals surface area contributed by atoms with E-state index in [2.05, 4.69) is 18.0 Å². The second-order valence-electron chi connectivity index (χ2n) is 6.25. The van der Waals surface area contributed by atoms with Gasteiger partial charge in [-0.2, -0.15) is 0 Å². The molecule has 0 aliphatic rings. The van der Waals surface area contributed by atoms with Crippen molar-refractivity contribution in [2.24, 2.45) is 0 Å². The average molecular weight is 355 g/mol. The smallest absolute Gasteiger partial charge is 0.226 e. The Morgan fingerprint density at radius 3 is 2.85 bits per heavy atom. The first kappa shape index (κ1) is 19.8. The summed E-state index contributed by atoms with van der Waals surface area (Å²) in [7, 11) is 0. The number of carbonyl (C=O) groups is 2. The highest BCUT2D eigenvalue weighted by Gasteiger charge is 2.14. The van der Waals surface area contributed by atoms with Crippen LogP contribution in [0.1, 0.15) is 51.2 Å². The van der Waals surface area contributed by atoms with Crippen molar-refractivity contribution >= 4 is 24.2 Å². The first-order valence-corrected chi connectivity index (χ1v) is 8.95. The fraction of sp³-hybridized carbons (Fsp3) is 0.381. The predicted octanol–water partition coefficient (Wildman–Crippen LogP) is 2.35. The number of aldehydes is 1. The Kier molecular flexibility index (Phi) is 7.48. The third kappa shape index (κ3) is 4.99. The summed E-state index contributed by atoms with van der Waals surface area (Å²) >= 11 is 0. The number of Topliss-reactive ketones (excluding diaryl/α,β-unsaturated/α-hetero) is 1. The van der Waals surface area contributed by atoms with Gasteiger partial charge in [-0.3, -0.25) is 9.59 Å². The van der Waals surface area contributed by atoms with Gasteiger partial charge in [-0.05, 0) is 35.8 Å². The lowest BCUT2D eigenvalue weighted by molar-refractivity contribution is -0.129. The molecule has 0 aliphatic heterocycles. The minimum absolute atomic E-state index is 0.0592. The van der Waals surface area contributed by atoms with Gasteiger partial charge in [0.25, 0.3) is 0 Å². The molecule has 1 unspecified atom stereocenters. The Balaban J connectivity index is 2.26. The molecule has 1 N–H and O–H groups in total. The van der Waals surface area contributed by atoms with E-state index in [1.54, 1.807) is 12.3 Å². The van der Waals surface area contributed by atoms with Crippen LogP contribution >= 0.6 is 0 Å². The van der Waals surface area contributed by atoms with Crippen LogP contribution in [0, 0.1) is 0 Å². The van der Waals surface area contributed by atoms with Crippen molar-refractivity contribution in [3.63, 3.8) is 0 Å². The monoisotopic (exact) mass is 355 g/mol. The molecule has 5 nitrogen and oxygen atoms in total. The fourth-order valence-electron chi connectivity index (χ4n) is 2.91. The number of carbonyl (C=O) groups excluding carboxylic acids is 2. The number of oxazole rings is 1. The minimum Gasteiger partial charge on any atom is -0.441 e. The maximum Gasteiger partial charge on any atom is 0.226 e. The summed E-state index contributed by atoms with van der Waals surface area (Å²) in [4.78, 5) is 25.8. The lowest BCUT2D eigenvalue weighted by Gasteiger charge is -2.06. The Labute approximate surface area is 153 Å². The molecular formula is C21H25NO4. The highest BCUT2D eigenvalue weighted by atomic mass is 16.4. The topological polar surface area (TPSA) is 80.4 Å². The summed E-state index contributed by atoms with van der Waals surface area (Å²) in [6.45, 7) is 4.02. The predicted molar refractivity (Wildman–Crippen MR) is 101 cm³/mol. The third-order valence-electron chi connectivity index (χ3n) is 4.29. The van der Waals surface area contributed by atoms with Crippen molar-refractivity contribution in [3.05, 3.63) is 40.6 Å². The van der Waals surface area contributed by atoms with Crippen LogP contribution in [0.15, 0.2) is 28.8 Å². The van der Waals surface area contributed by atoms with Crippen LogP contribution in [0.3, 0.4) is 0 Å². The van der Waals surface area contributed by atoms with Crippen molar-refractivity contribution in [1.29, 1.82) is 0 Å². The van der Waals surface area contributed by atoms with Crippen LogP contribution in [0.5, 0.6) is 0 Å². The number of hydrogen-bond donors (Lipinski definition) is 1. The highest BCUT2D eigenvalue weighted by Crippen LogP contribution is 2.25. The van der Waals surface area contributed by atoms with Gasteiger partial charge in [-0.15, -0.1) is 0 Å². The summed E-state index contributed by atoms with van der Waals surface area (Å²) in [5.41, 5.74) is 0.843. The third-order valence-corrected chi connectivity index (χ3v) is 4.29. The van der Waals surface area contributed by atoms with E-state index in [1.807, 2.05) is 25.1 Å². The van der Waals surface area contributed by atoms with E-state index in [0.717, 1.165) is 34.6 Å². The van der Waals surface area contributed by atoms with E-state index in [4.69, 9.17) is 4.42 Å². The van der Waals surface area contributed by atoms with Gasteiger partial charge in [0.1, 0.15) is 5.76 Å². The van der Waals surface area contributed by atoms with E-state index in [-0.39, 0.29) is 24.7 Å². The lowest BCUT2D eigenvalue weighted by Crippen LogP contribution is -2.27. The molecule has 1 heterocycles. The van der Waals surface area contributed by atoms with Gasteiger partial charge in [-0.25, -0.2) is 4.98 Å². The number of rotatable bonds is 9. The molecule has 0 fully saturated rings. The van der Waals surface area contributed by atoms with Gasteiger partial charge in [0, 0.05) is 17.9 Å². The number of ketones is 1. The molecule has 1 aromatic heterocycles. The van der Waals surface area contributed by atoms with Gasteiger partial charge >= 0.3 is 0 Å². The second-order valence-corrected chi connectivity index (χ2v) is 6.25. The summed E-state index contributed by atoms with van der Waals surface area (Å²) in [5, 5.41) is 11.3. The molecular weight excluding hydrogens is 330 g/mol. The molecule has 2 aromatic rings. The van der Waals surface area contributed by atoms with Crippen LogP contribution in [0.25, 0.3) is 23.6 Å². The number of benzene rings is 1. The van der Waals surface area contributed by atoms with E-state index in [9.17, 15) is 14.7 Å².